The van der Waals surface area contributed by atoms with Gasteiger partial charge in [0, 0.05) is 10.6 Å². The van der Waals surface area contributed by atoms with E-state index in [4.69, 9.17) is 34.8 Å². The topological polar surface area (TPSA) is 70.1 Å². The Kier molecular flexibility index (Phi) is 5.61. The van der Waals surface area contributed by atoms with E-state index in [-0.39, 0.29) is 5.69 Å². The van der Waals surface area contributed by atoms with Gasteiger partial charge in [0.25, 0.3) is 5.91 Å². The third kappa shape index (κ3) is 4.25. The smallest absolute Gasteiger partial charge is 0.272 e. The van der Waals surface area contributed by atoms with Crippen molar-refractivity contribution in [3.05, 3.63) is 74.9 Å². The molecule has 0 radical (unpaired) electrons. The molecule has 132 valence electrons. The van der Waals surface area contributed by atoms with Crippen molar-refractivity contribution in [2.24, 2.45) is 5.10 Å². The molecule has 0 bridgehead atoms. The molecule has 0 atom stereocenters. The van der Waals surface area contributed by atoms with Gasteiger partial charge in [-0.15, -0.1) is 0 Å². The maximum atomic E-state index is 12.2. The average Bonchev–Trinajstić information content (AvgIpc) is 3.12. The van der Waals surface area contributed by atoms with Crippen molar-refractivity contribution < 1.29 is 4.79 Å². The number of amides is 1. The van der Waals surface area contributed by atoms with Gasteiger partial charge in [0.1, 0.15) is 5.69 Å². The van der Waals surface area contributed by atoms with Crippen LogP contribution in [0.4, 0.5) is 0 Å². The van der Waals surface area contributed by atoms with Crippen molar-refractivity contribution >= 4 is 46.4 Å². The molecule has 1 heterocycles. The largest absolute Gasteiger partial charge is 0.289 e. The summed E-state index contributed by atoms with van der Waals surface area (Å²) in [4.78, 5) is 12.2. The third-order valence-corrected chi connectivity index (χ3v) is 4.62. The first-order valence-corrected chi connectivity index (χ1v) is 8.69. The van der Waals surface area contributed by atoms with Crippen LogP contribution < -0.4 is 5.43 Å². The Hall–Kier alpha value is -2.34. The zero-order chi connectivity index (χ0) is 18.7. The zero-order valence-corrected chi connectivity index (χ0v) is 15.8. The molecule has 3 aromatic rings. The highest BCUT2D eigenvalue weighted by molar-refractivity contribution is 6.42. The number of hydrazone groups is 1. The predicted octanol–water partition coefficient (Wildman–Crippen LogP) is 5.19. The van der Waals surface area contributed by atoms with Gasteiger partial charge in [-0.3, -0.25) is 9.89 Å². The Balaban J connectivity index is 1.72. The number of carbonyl (C=O) groups excluding carboxylic acids is 1. The number of halogens is 3. The van der Waals surface area contributed by atoms with Crippen LogP contribution in [0.3, 0.4) is 0 Å². The highest BCUT2D eigenvalue weighted by Crippen LogP contribution is 2.27. The summed E-state index contributed by atoms with van der Waals surface area (Å²) < 4.78 is 0. The fraction of sp³-hybridized carbons (Fsp3) is 0.0556. The fourth-order valence-corrected chi connectivity index (χ4v) is 2.62. The molecule has 26 heavy (non-hydrogen) atoms. The third-order valence-electron chi connectivity index (χ3n) is 3.63. The van der Waals surface area contributed by atoms with Crippen molar-refractivity contribution in [3.8, 4) is 11.3 Å². The summed E-state index contributed by atoms with van der Waals surface area (Å²) >= 11 is 17.8. The number of nitrogens with zero attached hydrogens (tertiary/aromatic N) is 2. The molecule has 1 amide bonds. The fourth-order valence-electron chi connectivity index (χ4n) is 2.19. The normalized spacial score (nSPS) is 11.5. The van der Waals surface area contributed by atoms with Crippen LogP contribution in [0.1, 0.15) is 23.0 Å². The number of hydrogen-bond acceptors (Lipinski definition) is 3. The molecular formula is C18H13Cl3N4O. The van der Waals surface area contributed by atoms with Gasteiger partial charge in [-0.25, -0.2) is 5.43 Å². The summed E-state index contributed by atoms with van der Waals surface area (Å²) in [6.45, 7) is 1.79. The van der Waals surface area contributed by atoms with Gasteiger partial charge in [0.2, 0.25) is 0 Å². The van der Waals surface area contributed by atoms with Gasteiger partial charge in [-0.1, -0.05) is 53.0 Å². The lowest BCUT2D eigenvalue weighted by molar-refractivity contribution is 0.0950. The minimum atomic E-state index is -0.405. The molecule has 0 saturated carbocycles. The molecule has 0 aliphatic carbocycles. The summed E-state index contributed by atoms with van der Waals surface area (Å²) in [5.74, 6) is -0.405. The second-order valence-corrected chi connectivity index (χ2v) is 6.69. The molecular weight excluding hydrogens is 395 g/mol. The number of rotatable bonds is 4. The first-order chi connectivity index (χ1) is 12.4. The van der Waals surface area contributed by atoms with Crippen molar-refractivity contribution in [3.63, 3.8) is 0 Å². The number of carbonyl (C=O) groups is 1. The molecule has 0 spiro atoms. The summed E-state index contributed by atoms with van der Waals surface area (Å²) in [5, 5.41) is 12.4. The number of hydrogen-bond donors (Lipinski definition) is 2. The molecule has 0 aliphatic heterocycles. The van der Waals surface area contributed by atoms with Crippen LogP contribution in [0.15, 0.2) is 53.6 Å². The van der Waals surface area contributed by atoms with E-state index < -0.39 is 5.91 Å². The molecule has 8 heteroatoms. The Morgan fingerprint density at radius 3 is 2.46 bits per heavy atom. The Bertz CT molecular complexity index is 980. The summed E-state index contributed by atoms with van der Waals surface area (Å²) in [6, 6.07) is 13.9. The highest BCUT2D eigenvalue weighted by Gasteiger charge is 2.12. The monoisotopic (exact) mass is 406 g/mol. The van der Waals surface area contributed by atoms with E-state index in [1.54, 1.807) is 43.3 Å². The molecule has 0 fully saturated rings. The van der Waals surface area contributed by atoms with Gasteiger partial charge in [-0.2, -0.15) is 10.2 Å². The summed E-state index contributed by atoms with van der Waals surface area (Å²) in [5.41, 5.74) is 5.60. The van der Waals surface area contributed by atoms with E-state index in [1.165, 1.54) is 0 Å². The first kappa shape index (κ1) is 18.5. The Morgan fingerprint density at radius 2 is 1.77 bits per heavy atom. The van der Waals surface area contributed by atoms with Gasteiger partial charge >= 0.3 is 0 Å². The minimum Gasteiger partial charge on any atom is -0.272 e. The molecule has 2 N–H and O–H groups in total. The Morgan fingerprint density at radius 1 is 1.04 bits per heavy atom. The standard InChI is InChI=1S/C18H13Cl3N4O/c1-10(11-2-5-13(19)6-3-11)22-25-18(26)17-9-16(23-24-17)12-4-7-14(20)15(21)8-12/h2-9H,1H3,(H,23,24)(H,25,26). The van der Waals surface area contributed by atoms with E-state index >= 15 is 0 Å². The van der Waals surface area contributed by atoms with E-state index in [9.17, 15) is 4.79 Å². The van der Waals surface area contributed by atoms with Crippen LogP contribution >= 0.6 is 34.8 Å². The minimum absolute atomic E-state index is 0.277. The molecule has 1 aromatic heterocycles. The summed E-state index contributed by atoms with van der Waals surface area (Å²) in [6.07, 6.45) is 0. The first-order valence-electron chi connectivity index (χ1n) is 7.55. The lowest BCUT2D eigenvalue weighted by Gasteiger charge is -2.02. The van der Waals surface area contributed by atoms with E-state index in [0.29, 0.717) is 26.5 Å². The van der Waals surface area contributed by atoms with E-state index in [2.05, 4.69) is 20.7 Å². The lowest BCUT2D eigenvalue weighted by Crippen LogP contribution is -2.19. The van der Waals surface area contributed by atoms with Crippen LogP contribution in [0.25, 0.3) is 11.3 Å². The Labute approximate surface area is 165 Å². The number of aromatic nitrogens is 2. The van der Waals surface area contributed by atoms with Crippen molar-refractivity contribution in [2.45, 2.75) is 6.92 Å². The van der Waals surface area contributed by atoms with Crippen molar-refractivity contribution in [1.82, 2.24) is 15.6 Å². The number of benzene rings is 2. The second kappa shape index (κ2) is 7.91. The molecule has 0 saturated heterocycles. The number of aromatic amines is 1. The van der Waals surface area contributed by atoms with Crippen molar-refractivity contribution in [1.29, 1.82) is 0 Å². The number of H-pyrrole nitrogens is 1. The number of nitrogens with one attached hydrogen (secondary N) is 2. The molecule has 3 rings (SSSR count). The van der Waals surface area contributed by atoms with Crippen LogP contribution in [-0.2, 0) is 0 Å². The van der Waals surface area contributed by atoms with E-state index in [1.807, 2.05) is 12.1 Å². The van der Waals surface area contributed by atoms with Crippen LogP contribution in [-0.4, -0.2) is 21.8 Å². The molecule has 0 aliphatic rings. The summed E-state index contributed by atoms with van der Waals surface area (Å²) in [7, 11) is 0. The quantitative estimate of drug-likeness (QED) is 0.461. The van der Waals surface area contributed by atoms with Gasteiger partial charge in [0.05, 0.1) is 21.5 Å². The van der Waals surface area contributed by atoms with E-state index in [0.717, 1.165) is 11.1 Å². The van der Waals surface area contributed by atoms with Crippen LogP contribution in [0.2, 0.25) is 15.1 Å². The van der Waals surface area contributed by atoms with Crippen molar-refractivity contribution in [2.75, 3.05) is 0 Å². The van der Waals surface area contributed by atoms with Gasteiger partial charge < -0.3 is 0 Å². The zero-order valence-electron chi connectivity index (χ0n) is 13.6. The van der Waals surface area contributed by atoms with Gasteiger partial charge in [-0.05, 0) is 42.8 Å². The van der Waals surface area contributed by atoms with Crippen LogP contribution in [0, 0.1) is 0 Å². The maximum absolute atomic E-state index is 12.2. The van der Waals surface area contributed by atoms with Gasteiger partial charge in [0.15, 0.2) is 0 Å². The molecule has 0 unspecified atom stereocenters. The lowest BCUT2D eigenvalue weighted by atomic mass is 10.1. The second-order valence-electron chi connectivity index (χ2n) is 5.44. The highest BCUT2D eigenvalue weighted by atomic mass is 35.5. The average molecular weight is 408 g/mol. The molecule has 2 aromatic carbocycles. The molecule has 5 nitrogen and oxygen atoms in total. The SMILES string of the molecule is CC(=NNC(=O)c1cc(-c2ccc(Cl)c(Cl)c2)n[nH]1)c1ccc(Cl)cc1. The van der Waals surface area contributed by atoms with Crippen LogP contribution in [0.5, 0.6) is 0 Å². The predicted molar refractivity (Wildman–Crippen MR) is 105 cm³/mol. The maximum Gasteiger partial charge on any atom is 0.289 e.